The van der Waals surface area contributed by atoms with Crippen molar-refractivity contribution in [3.05, 3.63) is 28.2 Å². The highest BCUT2D eigenvalue weighted by Gasteiger charge is 2.51. The quantitative estimate of drug-likeness (QED) is 0.779. The number of halogens is 1. The number of carbonyl (C=O) groups excluding carboxylic acids is 2. The lowest BCUT2D eigenvalue weighted by Crippen LogP contribution is -2.65. The number of methoxy groups -OCH3 is 1. The minimum atomic E-state index is -0.879. The van der Waals surface area contributed by atoms with Gasteiger partial charge in [-0.05, 0) is 54.4 Å². The van der Waals surface area contributed by atoms with Gasteiger partial charge in [0.25, 0.3) is 5.91 Å². The smallest absolute Gasteiger partial charge is 0.331 e. The molecule has 5 nitrogen and oxygen atoms in total. The Morgan fingerprint density at radius 3 is 2.67 bits per heavy atom. The summed E-state index contributed by atoms with van der Waals surface area (Å²) < 4.78 is 10.9. The standard InChI is InChI=1S/C15H18BrNO4/c1-4-21-14(19)15(2)7-8-17(15)13(18)11-9-10(20-3)5-6-12(11)16/h5-6,9H,4,7-8H2,1-3H3. The van der Waals surface area contributed by atoms with E-state index in [1.54, 1.807) is 44.1 Å². The molecule has 0 spiro atoms. The van der Waals surface area contributed by atoms with Crippen LogP contribution >= 0.6 is 15.9 Å². The van der Waals surface area contributed by atoms with Crippen LogP contribution in [0, 0.1) is 0 Å². The highest BCUT2D eigenvalue weighted by molar-refractivity contribution is 9.10. The number of esters is 1. The number of rotatable bonds is 4. The topological polar surface area (TPSA) is 55.8 Å². The van der Waals surface area contributed by atoms with Crippen molar-refractivity contribution in [2.75, 3.05) is 20.3 Å². The summed E-state index contributed by atoms with van der Waals surface area (Å²) in [6.45, 7) is 4.34. The Kier molecular flexibility index (Phi) is 4.56. The maximum absolute atomic E-state index is 12.7. The Bertz CT molecular complexity index is 575. The van der Waals surface area contributed by atoms with Crippen LogP contribution in [-0.2, 0) is 9.53 Å². The largest absolute Gasteiger partial charge is 0.497 e. The van der Waals surface area contributed by atoms with E-state index in [1.807, 2.05) is 0 Å². The van der Waals surface area contributed by atoms with Crippen molar-refractivity contribution in [2.24, 2.45) is 0 Å². The molecule has 0 aromatic heterocycles. The maximum atomic E-state index is 12.7. The van der Waals surface area contributed by atoms with Gasteiger partial charge in [-0.15, -0.1) is 0 Å². The molecule has 21 heavy (non-hydrogen) atoms. The molecule has 1 unspecified atom stereocenters. The molecule has 6 heteroatoms. The molecule has 1 amide bonds. The highest BCUT2D eigenvalue weighted by Crippen LogP contribution is 2.35. The van der Waals surface area contributed by atoms with Crippen LogP contribution in [0.1, 0.15) is 30.6 Å². The van der Waals surface area contributed by atoms with Crippen LogP contribution < -0.4 is 4.74 Å². The van der Waals surface area contributed by atoms with Gasteiger partial charge in [-0.1, -0.05) is 0 Å². The molecule has 0 saturated carbocycles. The predicted octanol–water partition coefficient (Wildman–Crippen LogP) is 2.63. The Labute approximate surface area is 132 Å². The number of nitrogens with zero attached hydrogens (tertiary/aromatic N) is 1. The molecule has 1 heterocycles. The van der Waals surface area contributed by atoms with Crippen molar-refractivity contribution in [1.82, 2.24) is 4.90 Å². The van der Waals surface area contributed by atoms with Crippen molar-refractivity contribution in [3.8, 4) is 5.75 Å². The fraction of sp³-hybridized carbons (Fsp3) is 0.467. The van der Waals surface area contributed by atoms with Crippen LogP contribution in [0.5, 0.6) is 5.75 Å². The molecule has 1 saturated heterocycles. The lowest BCUT2D eigenvalue weighted by atomic mass is 9.86. The average molecular weight is 356 g/mol. The summed E-state index contributed by atoms with van der Waals surface area (Å²) >= 11 is 3.37. The predicted molar refractivity (Wildman–Crippen MR) is 81.4 cm³/mol. The number of hydrogen-bond acceptors (Lipinski definition) is 4. The van der Waals surface area contributed by atoms with Crippen molar-refractivity contribution in [1.29, 1.82) is 0 Å². The Morgan fingerprint density at radius 1 is 1.43 bits per heavy atom. The van der Waals surface area contributed by atoms with Crippen molar-refractivity contribution >= 4 is 27.8 Å². The van der Waals surface area contributed by atoms with Gasteiger partial charge in [0.15, 0.2) is 0 Å². The number of hydrogen-bond donors (Lipinski definition) is 0. The number of carbonyl (C=O) groups is 2. The third kappa shape index (κ3) is 2.77. The van der Waals surface area contributed by atoms with Gasteiger partial charge in [0.1, 0.15) is 11.3 Å². The minimum absolute atomic E-state index is 0.206. The van der Waals surface area contributed by atoms with E-state index in [0.29, 0.717) is 35.4 Å². The van der Waals surface area contributed by atoms with Crippen molar-refractivity contribution in [3.63, 3.8) is 0 Å². The first-order valence-electron chi connectivity index (χ1n) is 6.76. The van der Waals surface area contributed by atoms with Gasteiger partial charge in [0.2, 0.25) is 0 Å². The second-order valence-corrected chi connectivity index (χ2v) is 5.90. The van der Waals surface area contributed by atoms with Crippen LogP contribution in [-0.4, -0.2) is 42.6 Å². The summed E-state index contributed by atoms with van der Waals surface area (Å²) in [5, 5.41) is 0. The molecule has 1 aliphatic rings. The molecule has 2 rings (SSSR count). The van der Waals surface area contributed by atoms with Crippen molar-refractivity contribution in [2.45, 2.75) is 25.8 Å². The summed E-state index contributed by atoms with van der Waals surface area (Å²) in [7, 11) is 1.55. The van der Waals surface area contributed by atoms with E-state index < -0.39 is 5.54 Å². The Balaban J connectivity index is 2.26. The molecule has 1 aromatic carbocycles. The monoisotopic (exact) mass is 355 g/mol. The number of likely N-dealkylation sites (tertiary alicyclic amines) is 1. The molecule has 114 valence electrons. The summed E-state index contributed by atoms with van der Waals surface area (Å²) in [6.07, 6.45) is 0.610. The molecule has 1 aliphatic heterocycles. The molecule has 0 radical (unpaired) electrons. The molecule has 0 N–H and O–H groups in total. The number of ether oxygens (including phenoxy) is 2. The molecule has 1 aromatic rings. The van der Waals surface area contributed by atoms with E-state index in [-0.39, 0.29) is 11.9 Å². The van der Waals surface area contributed by atoms with E-state index in [0.717, 1.165) is 0 Å². The number of benzene rings is 1. The summed E-state index contributed by atoms with van der Waals surface area (Å²) in [6, 6.07) is 5.19. The van der Waals surface area contributed by atoms with Gasteiger partial charge in [0.05, 0.1) is 19.3 Å². The Hall–Kier alpha value is -1.56. The summed E-state index contributed by atoms with van der Waals surface area (Å²) in [4.78, 5) is 26.3. The highest BCUT2D eigenvalue weighted by atomic mass is 79.9. The van der Waals surface area contributed by atoms with E-state index in [2.05, 4.69) is 15.9 Å². The Morgan fingerprint density at radius 2 is 2.14 bits per heavy atom. The van der Waals surface area contributed by atoms with Crippen LogP contribution in [0.2, 0.25) is 0 Å². The summed E-state index contributed by atoms with van der Waals surface area (Å²) in [5.74, 6) is 0.0334. The zero-order chi connectivity index (χ0) is 15.6. The summed E-state index contributed by atoms with van der Waals surface area (Å²) in [5.41, 5.74) is -0.403. The maximum Gasteiger partial charge on any atom is 0.331 e. The van der Waals surface area contributed by atoms with Crippen LogP contribution in [0.25, 0.3) is 0 Å². The third-order valence-corrected chi connectivity index (χ3v) is 4.47. The van der Waals surface area contributed by atoms with Gasteiger partial charge in [-0.3, -0.25) is 4.79 Å². The van der Waals surface area contributed by atoms with Crippen molar-refractivity contribution < 1.29 is 19.1 Å². The fourth-order valence-electron chi connectivity index (χ4n) is 2.32. The first kappa shape index (κ1) is 15.8. The molecule has 1 fully saturated rings. The van der Waals surface area contributed by atoms with Crippen LogP contribution in [0.15, 0.2) is 22.7 Å². The number of amides is 1. The van der Waals surface area contributed by atoms with Crippen LogP contribution in [0.3, 0.4) is 0 Å². The molecule has 0 bridgehead atoms. The minimum Gasteiger partial charge on any atom is -0.497 e. The SMILES string of the molecule is CCOC(=O)C1(C)CCN1C(=O)c1cc(OC)ccc1Br. The molecular formula is C15H18BrNO4. The van der Waals surface area contributed by atoms with E-state index in [1.165, 1.54) is 0 Å². The second kappa shape index (κ2) is 6.05. The van der Waals surface area contributed by atoms with Gasteiger partial charge in [-0.25, -0.2) is 4.79 Å². The molecule has 0 aliphatic carbocycles. The lowest BCUT2D eigenvalue weighted by Gasteiger charge is -2.48. The normalized spacial score (nSPS) is 20.7. The van der Waals surface area contributed by atoms with Gasteiger partial charge < -0.3 is 14.4 Å². The molecule has 1 atom stereocenters. The fourth-order valence-corrected chi connectivity index (χ4v) is 2.74. The average Bonchev–Trinajstić information content (AvgIpc) is 2.45. The van der Waals surface area contributed by atoms with E-state index in [4.69, 9.17) is 9.47 Å². The van der Waals surface area contributed by atoms with Crippen LogP contribution in [0.4, 0.5) is 0 Å². The van der Waals surface area contributed by atoms with E-state index in [9.17, 15) is 9.59 Å². The second-order valence-electron chi connectivity index (χ2n) is 5.05. The van der Waals surface area contributed by atoms with Gasteiger partial charge in [-0.2, -0.15) is 0 Å². The third-order valence-electron chi connectivity index (χ3n) is 3.78. The molecular weight excluding hydrogens is 338 g/mol. The first-order chi connectivity index (χ1) is 9.93. The van der Waals surface area contributed by atoms with Gasteiger partial charge >= 0.3 is 5.97 Å². The zero-order valence-corrected chi connectivity index (χ0v) is 13.9. The lowest BCUT2D eigenvalue weighted by molar-refractivity contribution is -0.162. The van der Waals surface area contributed by atoms with Gasteiger partial charge in [0, 0.05) is 11.0 Å². The zero-order valence-electron chi connectivity index (χ0n) is 12.3. The first-order valence-corrected chi connectivity index (χ1v) is 7.56. The van der Waals surface area contributed by atoms with E-state index >= 15 is 0 Å².